The molecule has 1 atom stereocenters. The van der Waals surface area contributed by atoms with E-state index in [4.69, 9.17) is 21.1 Å². The Morgan fingerprint density at radius 2 is 2.06 bits per heavy atom. The Labute approximate surface area is 197 Å². The molecule has 1 aromatic carbocycles. The number of amides is 1. The number of benzene rings is 1. The summed E-state index contributed by atoms with van der Waals surface area (Å²) >= 11 is 8.24. The quantitative estimate of drug-likeness (QED) is 0.488. The fourth-order valence-electron chi connectivity index (χ4n) is 3.85. The maximum absolute atomic E-state index is 13.2. The van der Waals surface area contributed by atoms with Crippen LogP contribution in [-0.4, -0.2) is 42.6 Å². The van der Waals surface area contributed by atoms with Gasteiger partial charge >= 0.3 is 0 Å². The third-order valence-corrected chi connectivity index (χ3v) is 9.94. The average molecular weight is 512 g/mol. The fourth-order valence-corrected chi connectivity index (χ4v) is 8.16. The van der Waals surface area contributed by atoms with Gasteiger partial charge in [-0.3, -0.25) is 4.79 Å². The van der Waals surface area contributed by atoms with Gasteiger partial charge in [0.2, 0.25) is 6.79 Å². The summed E-state index contributed by atoms with van der Waals surface area (Å²) in [5.74, 6) is 0.789. The fraction of sp³-hybridized carbons (Fsp3) is 0.300. The van der Waals surface area contributed by atoms with E-state index in [0.717, 1.165) is 21.6 Å². The molecular formula is C20H18ClN3O5S3. The molecule has 0 radical (unpaired) electrons. The predicted octanol–water partition coefficient (Wildman–Crippen LogP) is 3.61. The number of halogens is 1. The van der Waals surface area contributed by atoms with Gasteiger partial charge in [0, 0.05) is 25.2 Å². The topological polar surface area (TPSA) is 90.2 Å². The molecule has 32 heavy (non-hydrogen) atoms. The summed E-state index contributed by atoms with van der Waals surface area (Å²) in [5, 5.41) is 0. The number of ether oxygens (including phenoxy) is 2. The minimum Gasteiger partial charge on any atom is -0.454 e. The van der Waals surface area contributed by atoms with Crippen molar-refractivity contribution in [3.8, 4) is 11.5 Å². The van der Waals surface area contributed by atoms with Crippen LogP contribution in [0.3, 0.4) is 0 Å². The smallest absolute Gasteiger partial charge is 0.266 e. The minimum atomic E-state index is -3.82. The molecular weight excluding hydrogens is 494 g/mol. The van der Waals surface area contributed by atoms with Crippen molar-refractivity contribution in [2.45, 2.75) is 29.6 Å². The molecule has 0 aliphatic carbocycles. The lowest BCUT2D eigenvalue weighted by molar-refractivity contribution is -0.121. The number of fused-ring (bicyclic) bond motifs is 2. The highest BCUT2D eigenvalue weighted by molar-refractivity contribution is 7.91. The van der Waals surface area contributed by atoms with Crippen molar-refractivity contribution in [2.24, 2.45) is 4.99 Å². The van der Waals surface area contributed by atoms with Crippen LogP contribution in [0.2, 0.25) is 4.34 Å². The second kappa shape index (κ2) is 8.31. The van der Waals surface area contributed by atoms with Gasteiger partial charge in [-0.1, -0.05) is 29.0 Å². The molecule has 1 saturated heterocycles. The lowest BCUT2D eigenvalue weighted by Crippen LogP contribution is -2.40. The SMILES string of the molecule is C=CCn1c(=NC(=O)C2CCCN2S(=O)(=O)c2ccc(Cl)s2)sc2cc3c(cc21)OCO3. The molecule has 2 aliphatic rings. The number of sulfonamides is 1. The number of aromatic nitrogens is 1. The molecule has 8 nitrogen and oxygen atoms in total. The highest BCUT2D eigenvalue weighted by atomic mass is 35.5. The first-order valence-electron chi connectivity index (χ1n) is 9.78. The molecule has 0 N–H and O–H groups in total. The second-order valence-electron chi connectivity index (χ2n) is 7.24. The van der Waals surface area contributed by atoms with E-state index in [2.05, 4.69) is 11.6 Å². The van der Waals surface area contributed by atoms with Crippen LogP contribution >= 0.6 is 34.3 Å². The number of rotatable bonds is 5. The first-order valence-corrected chi connectivity index (χ1v) is 13.2. The zero-order chi connectivity index (χ0) is 22.5. The summed E-state index contributed by atoms with van der Waals surface area (Å²) in [6.07, 6.45) is 2.72. The number of thiophene rings is 1. The summed E-state index contributed by atoms with van der Waals surface area (Å²) in [5.41, 5.74) is 0.842. The third kappa shape index (κ3) is 3.67. The molecule has 1 amide bonds. The van der Waals surface area contributed by atoms with E-state index in [1.165, 1.54) is 27.8 Å². The second-order valence-corrected chi connectivity index (χ2v) is 12.1. The molecule has 5 rings (SSSR count). The van der Waals surface area contributed by atoms with Gasteiger partial charge in [-0.25, -0.2) is 8.42 Å². The van der Waals surface area contributed by atoms with Crippen LogP contribution in [-0.2, 0) is 21.4 Å². The van der Waals surface area contributed by atoms with Crippen molar-refractivity contribution in [2.75, 3.05) is 13.3 Å². The summed E-state index contributed by atoms with van der Waals surface area (Å²) < 4.78 is 41.6. The lowest BCUT2D eigenvalue weighted by Gasteiger charge is -2.20. The van der Waals surface area contributed by atoms with Gasteiger partial charge in [0.25, 0.3) is 15.9 Å². The Balaban J connectivity index is 1.54. The molecule has 2 aliphatic heterocycles. The molecule has 1 fully saturated rings. The Morgan fingerprint density at radius 3 is 2.78 bits per heavy atom. The number of hydrogen-bond donors (Lipinski definition) is 0. The van der Waals surface area contributed by atoms with E-state index >= 15 is 0 Å². The number of thiazole rings is 1. The Morgan fingerprint density at radius 1 is 1.28 bits per heavy atom. The van der Waals surface area contributed by atoms with Gasteiger partial charge in [0.15, 0.2) is 16.3 Å². The van der Waals surface area contributed by atoms with Crippen molar-refractivity contribution in [3.05, 3.63) is 46.1 Å². The molecule has 3 aromatic rings. The molecule has 168 valence electrons. The van der Waals surface area contributed by atoms with Crippen molar-refractivity contribution in [1.29, 1.82) is 0 Å². The number of carbonyl (C=O) groups is 1. The number of allylic oxidation sites excluding steroid dienone is 1. The lowest BCUT2D eigenvalue weighted by atomic mass is 10.2. The van der Waals surface area contributed by atoms with Crippen LogP contribution in [0.15, 0.2) is 46.1 Å². The van der Waals surface area contributed by atoms with Gasteiger partial charge in [0.05, 0.1) is 14.6 Å². The van der Waals surface area contributed by atoms with Gasteiger partial charge in [-0.05, 0) is 25.0 Å². The molecule has 1 unspecified atom stereocenters. The summed E-state index contributed by atoms with van der Waals surface area (Å²) in [7, 11) is -3.82. The van der Waals surface area contributed by atoms with E-state index in [0.29, 0.717) is 40.0 Å². The van der Waals surface area contributed by atoms with Gasteiger partial charge < -0.3 is 14.0 Å². The number of carbonyl (C=O) groups excluding carboxylic acids is 1. The van der Waals surface area contributed by atoms with Crippen molar-refractivity contribution >= 4 is 60.4 Å². The zero-order valence-corrected chi connectivity index (χ0v) is 19.9. The van der Waals surface area contributed by atoms with E-state index in [1.807, 2.05) is 16.7 Å². The average Bonchev–Trinajstić information content (AvgIpc) is 3.53. The Kier molecular flexibility index (Phi) is 5.62. The zero-order valence-electron chi connectivity index (χ0n) is 16.7. The van der Waals surface area contributed by atoms with Crippen molar-refractivity contribution in [3.63, 3.8) is 0 Å². The van der Waals surface area contributed by atoms with E-state index in [1.54, 1.807) is 6.08 Å². The molecule has 2 aromatic heterocycles. The standard InChI is InChI=1S/C20H18ClN3O5S3/c1-2-7-23-13-9-14-15(29-11-28-14)10-16(13)30-20(23)22-19(25)12-4-3-8-24(12)32(26,27)18-6-5-17(21)31-18/h2,5-6,9-10,12H,1,3-4,7-8,11H2. The Hall–Kier alpha value is -2.18. The van der Waals surface area contributed by atoms with Gasteiger partial charge in [-0.2, -0.15) is 9.30 Å². The molecule has 0 bridgehead atoms. The first kappa shape index (κ1) is 21.7. The minimum absolute atomic E-state index is 0.125. The van der Waals surface area contributed by atoms with Crippen LogP contribution in [0.5, 0.6) is 11.5 Å². The van der Waals surface area contributed by atoms with Crippen LogP contribution in [0.4, 0.5) is 0 Å². The maximum atomic E-state index is 13.2. The first-order chi connectivity index (χ1) is 15.4. The summed E-state index contributed by atoms with van der Waals surface area (Å²) in [6, 6.07) is 5.87. The molecule has 4 heterocycles. The van der Waals surface area contributed by atoms with E-state index in [9.17, 15) is 13.2 Å². The highest BCUT2D eigenvalue weighted by Crippen LogP contribution is 2.37. The summed E-state index contributed by atoms with van der Waals surface area (Å²) in [6.45, 7) is 4.67. The highest BCUT2D eigenvalue weighted by Gasteiger charge is 2.40. The normalized spacial score (nSPS) is 19.2. The predicted molar refractivity (Wildman–Crippen MR) is 123 cm³/mol. The number of hydrogen-bond acceptors (Lipinski definition) is 7. The molecule has 12 heteroatoms. The van der Waals surface area contributed by atoms with E-state index < -0.39 is 22.0 Å². The number of nitrogens with zero attached hydrogens (tertiary/aromatic N) is 3. The molecule has 0 spiro atoms. The molecule has 0 saturated carbocycles. The van der Waals surface area contributed by atoms with Gasteiger partial charge in [0.1, 0.15) is 10.3 Å². The van der Waals surface area contributed by atoms with Crippen molar-refractivity contribution < 1.29 is 22.7 Å². The third-order valence-electron chi connectivity index (χ3n) is 5.29. The van der Waals surface area contributed by atoms with Crippen molar-refractivity contribution in [1.82, 2.24) is 8.87 Å². The van der Waals surface area contributed by atoms with Gasteiger partial charge in [-0.15, -0.1) is 17.9 Å². The van der Waals surface area contributed by atoms with Crippen LogP contribution in [0.1, 0.15) is 12.8 Å². The van der Waals surface area contributed by atoms with Crippen LogP contribution in [0.25, 0.3) is 10.2 Å². The van der Waals surface area contributed by atoms with E-state index in [-0.39, 0.29) is 17.5 Å². The monoisotopic (exact) mass is 511 g/mol. The summed E-state index contributed by atoms with van der Waals surface area (Å²) in [4.78, 5) is 18.0. The van der Waals surface area contributed by atoms with Crippen LogP contribution in [0, 0.1) is 0 Å². The largest absolute Gasteiger partial charge is 0.454 e. The van der Waals surface area contributed by atoms with Crippen LogP contribution < -0.4 is 14.3 Å². The Bertz CT molecular complexity index is 1410. The maximum Gasteiger partial charge on any atom is 0.266 e.